The number of hydrogen-bond acceptors (Lipinski definition) is 4. The molecule has 0 amide bonds. The number of aliphatic hydroxyl groups is 2. The van der Waals surface area contributed by atoms with Crippen LogP contribution in [0, 0.1) is 5.82 Å². The van der Waals surface area contributed by atoms with E-state index >= 15 is 0 Å². The Hall–Kier alpha value is -1.17. The van der Waals surface area contributed by atoms with Crippen LogP contribution in [0.25, 0.3) is 0 Å². The van der Waals surface area contributed by atoms with Crippen LogP contribution in [0.5, 0.6) is 5.75 Å². The van der Waals surface area contributed by atoms with Gasteiger partial charge in [0.05, 0.1) is 6.61 Å². The summed E-state index contributed by atoms with van der Waals surface area (Å²) >= 11 is 0. The summed E-state index contributed by atoms with van der Waals surface area (Å²) in [6, 6.07) is 5.62. The molecular weight excluding hydrogens is 237 g/mol. The van der Waals surface area contributed by atoms with Crippen LogP contribution in [-0.2, 0) is 0 Å². The highest BCUT2D eigenvalue weighted by Gasteiger charge is 2.09. The van der Waals surface area contributed by atoms with Crippen LogP contribution >= 0.6 is 0 Å². The normalized spacial score (nSPS) is 14.2. The third kappa shape index (κ3) is 5.44. The van der Waals surface area contributed by atoms with Gasteiger partial charge in [0.1, 0.15) is 24.3 Å². The molecule has 0 bridgehead atoms. The van der Waals surface area contributed by atoms with Gasteiger partial charge in [0.25, 0.3) is 0 Å². The average molecular weight is 257 g/mol. The van der Waals surface area contributed by atoms with Crippen molar-refractivity contribution in [3.05, 3.63) is 30.1 Å². The van der Waals surface area contributed by atoms with Crippen molar-refractivity contribution in [2.45, 2.75) is 25.5 Å². The van der Waals surface area contributed by atoms with Gasteiger partial charge in [0.2, 0.25) is 0 Å². The summed E-state index contributed by atoms with van der Waals surface area (Å²) in [4.78, 5) is 0. The van der Waals surface area contributed by atoms with Crippen molar-refractivity contribution < 1.29 is 19.3 Å². The zero-order valence-electron chi connectivity index (χ0n) is 10.5. The minimum Gasteiger partial charge on any atom is -0.491 e. The first-order valence-electron chi connectivity index (χ1n) is 6.06. The first kappa shape index (κ1) is 14.9. The molecule has 0 saturated heterocycles. The Morgan fingerprint density at radius 3 is 2.56 bits per heavy atom. The van der Waals surface area contributed by atoms with E-state index in [2.05, 4.69) is 5.32 Å². The van der Waals surface area contributed by atoms with Gasteiger partial charge < -0.3 is 20.3 Å². The SMILES string of the molecule is CCC(CO)NCC(O)COc1ccc(F)cc1. The molecule has 1 aromatic carbocycles. The summed E-state index contributed by atoms with van der Waals surface area (Å²) < 4.78 is 17.9. The standard InChI is InChI=1S/C13H20FNO3/c1-2-11(8-16)15-7-12(17)9-18-13-5-3-10(14)4-6-13/h3-6,11-12,15-17H,2,7-9H2,1H3. The maximum Gasteiger partial charge on any atom is 0.123 e. The smallest absolute Gasteiger partial charge is 0.123 e. The molecule has 4 nitrogen and oxygen atoms in total. The fraction of sp³-hybridized carbons (Fsp3) is 0.538. The molecule has 0 radical (unpaired) electrons. The van der Waals surface area contributed by atoms with Crippen molar-refractivity contribution in [1.82, 2.24) is 5.32 Å². The van der Waals surface area contributed by atoms with Crippen molar-refractivity contribution in [3.63, 3.8) is 0 Å². The van der Waals surface area contributed by atoms with Crippen LogP contribution < -0.4 is 10.1 Å². The fourth-order valence-corrected chi connectivity index (χ4v) is 1.42. The third-order valence-corrected chi connectivity index (χ3v) is 2.61. The van der Waals surface area contributed by atoms with E-state index < -0.39 is 6.10 Å². The highest BCUT2D eigenvalue weighted by atomic mass is 19.1. The number of aliphatic hydroxyl groups excluding tert-OH is 2. The zero-order chi connectivity index (χ0) is 13.4. The lowest BCUT2D eigenvalue weighted by Gasteiger charge is -2.17. The van der Waals surface area contributed by atoms with Crippen LogP contribution in [0.2, 0.25) is 0 Å². The lowest BCUT2D eigenvalue weighted by atomic mass is 10.2. The van der Waals surface area contributed by atoms with Gasteiger partial charge in [-0.3, -0.25) is 0 Å². The van der Waals surface area contributed by atoms with Crippen LogP contribution in [0.3, 0.4) is 0 Å². The summed E-state index contributed by atoms with van der Waals surface area (Å²) in [7, 11) is 0. The maximum atomic E-state index is 12.6. The molecule has 0 fully saturated rings. The summed E-state index contributed by atoms with van der Waals surface area (Å²) in [5, 5.41) is 21.6. The van der Waals surface area contributed by atoms with Crippen LogP contribution in [0.15, 0.2) is 24.3 Å². The quantitative estimate of drug-likeness (QED) is 0.648. The summed E-state index contributed by atoms with van der Waals surface area (Å²) in [5.74, 6) is 0.197. The molecule has 102 valence electrons. The molecule has 2 atom stereocenters. The minimum absolute atomic E-state index is 0.00882. The Bertz CT molecular complexity index is 328. The molecule has 0 aliphatic heterocycles. The zero-order valence-corrected chi connectivity index (χ0v) is 10.5. The molecule has 18 heavy (non-hydrogen) atoms. The van der Waals surface area contributed by atoms with Crippen LogP contribution in [0.4, 0.5) is 4.39 Å². The first-order valence-corrected chi connectivity index (χ1v) is 6.06. The fourth-order valence-electron chi connectivity index (χ4n) is 1.42. The molecule has 0 spiro atoms. The van der Waals surface area contributed by atoms with E-state index in [0.29, 0.717) is 12.3 Å². The van der Waals surface area contributed by atoms with Gasteiger partial charge in [-0.2, -0.15) is 0 Å². The predicted octanol–water partition coefficient (Wildman–Crippen LogP) is 0.926. The van der Waals surface area contributed by atoms with E-state index in [4.69, 9.17) is 9.84 Å². The van der Waals surface area contributed by atoms with Gasteiger partial charge in [-0.25, -0.2) is 4.39 Å². The van der Waals surface area contributed by atoms with Gasteiger partial charge >= 0.3 is 0 Å². The number of ether oxygens (including phenoxy) is 1. The maximum absolute atomic E-state index is 12.6. The molecule has 0 aliphatic carbocycles. The predicted molar refractivity (Wildman–Crippen MR) is 67.1 cm³/mol. The number of nitrogens with one attached hydrogen (secondary N) is 1. The van der Waals surface area contributed by atoms with Crippen molar-refractivity contribution >= 4 is 0 Å². The molecular formula is C13H20FNO3. The largest absolute Gasteiger partial charge is 0.491 e. The lowest BCUT2D eigenvalue weighted by Crippen LogP contribution is -2.39. The van der Waals surface area contributed by atoms with Crippen molar-refractivity contribution in [1.29, 1.82) is 0 Å². The molecule has 0 aromatic heterocycles. The Kier molecular flexibility index (Phi) is 6.64. The van der Waals surface area contributed by atoms with Crippen molar-refractivity contribution in [2.75, 3.05) is 19.8 Å². The molecule has 1 rings (SSSR count). The Labute approximate surface area is 106 Å². The molecule has 0 aliphatic rings. The van der Waals surface area contributed by atoms with Crippen molar-refractivity contribution in [3.8, 4) is 5.75 Å². The summed E-state index contributed by atoms with van der Waals surface area (Å²) in [6.07, 6.45) is 0.123. The van der Waals surface area contributed by atoms with Gasteiger partial charge in [-0.05, 0) is 30.7 Å². The van der Waals surface area contributed by atoms with Gasteiger partial charge in [-0.1, -0.05) is 6.92 Å². The van der Waals surface area contributed by atoms with E-state index in [9.17, 15) is 9.50 Å². The second-order valence-electron chi connectivity index (χ2n) is 4.11. The third-order valence-electron chi connectivity index (χ3n) is 2.61. The second-order valence-corrected chi connectivity index (χ2v) is 4.11. The number of benzene rings is 1. The van der Waals surface area contributed by atoms with E-state index in [1.54, 1.807) is 0 Å². The number of rotatable bonds is 8. The molecule has 3 N–H and O–H groups in total. The Morgan fingerprint density at radius 2 is 2.00 bits per heavy atom. The summed E-state index contributed by atoms with van der Waals surface area (Å²) in [6.45, 7) is 2.47. The summed E-state index contributed by atoms with van der Waals surface area (Å²) in [5.41, 5.74) is 0. The van der Waals surface area contributed by atoms with E-state index in [-0.39, 0.29) is 25.1 Å². The van der Waals surface area contributed by atoms with Crippen LogP contribution in [0.1, 0.15) is 13.3 Å². The lowest BCUT2D eigenvalue weighted by molar-refractivity contribution is 0.0994. The highest BCUT2D eigenvalue weighted by molar-refractivity contribution is 5.22. The number of halogens is 1. The second kappa shape index (κ2) is 8.02. The van der Waals surface area contributed by atoms with Gasteiger partial charge in [0.15, 0.2) is 0 Å². The highest BCUT2D eigenvalue weighted by Crippen LogP contribution is 2.11. The molecule has 0 heterocycles. The number of hydrogen-bond donors (Lipinski definition) is 3. The van der Waals surface area contributed by atoms with Gasteiger partial charge in [0, 0.05) is 12.6 Å². The van der Waals surface area contributed by atoms with E-state index in [1.165, 1.54) is 24.3 Å². The first-order chi connectivity index (χ1) is 8.65. The molecule has 1 aromatic rings. The average Bonchev–Trinajstić information content (AvgIpc) is 2.39. The van der Waals surface area contributed by atoms with E-state index in [0.717, 1.165) is 6.42 Å². The van der Waals surface area contributed by atoms with E-state index in [1.807, 2.05) is 6.92 Å². The Morgan fingerprint density at radius 1 is 1.33 bits per heavy atom. The Balaban J connectivity index is 2.24. The monoisotopic (exact) mass is 257 g/mol. The van der Waals surface area contributed by atoms with Gasteiger partial charge in [-0.15, -0.1) is 0 Å². The topological polar surface area (TPSA) is 61.7 Å². The molecule has 5 heteroatoms. The van der Waals surface area contributed by atoms with Crippen molar-refractivity contribution in [2.24, 2.45) is 0 Å². The molecule has 0 saturated carbocycles. The minimum atomic E-state index is -0.671. The van der Waals surface area contributed by atoms with Crippen LogP contribution in [-0.4, -0.2) is 42.1 Å². The molecule has 2 unspecified atom stereocenters.